The number of hydrogen-bond donors (Lipinski definition) is 2. The second kappa shape index (κ2) is 11.9. The molecule has 2 N–H and O–H groups in total. The first-order valence-electron chi connectivity index (χ1n) is 11.7. The summed E-state index contributed by atoms with van der Waals surface area (Å²) in [6.07, 6.45) is 7.27. The monoisotopic (exact) mass is 413 g/mol. The molecule has 6 nitrogen and oxygen atoms in total. The lowest BCUT2D eigenvalue weighted by Gasteiger charge is -2.30. The Kier molecular flexibility index (Phi) is 9.00. The van der Waals surface area contributed by atoms with Gasteiger partial charge in [0.2, 0.25) is 0 Å². The molecule has 1 amide bonds. The van der Waals surface area contributed by atoms with Crippen LogP contribution in [0.2, 0.25) is 0 Å². The second-order valence-electron chi connectivity index (χ2n) is 8.78. The topological polar surface area (TPSA) is 60.0 Å². The number of nitrogens with one attached hydrogen (secondary N) is 2. The Bertz CT molecular complexity index is 673. The lowest BCUT2D eigenvalue weighted by atomic mass is 9.99. The highest BCUT2D eigenvalue weighted by atomic mass is 16.2. The fraction of sp³-hybridized carbons (Fsp3) is 0.667. The standard InChI is InChI=1S/C24H39N5O/c1-20-11-17-28(18-12-20)14-6-13-26-24(25-2)27-19-21-7-9-22(10-8-21)23(30)29-15-4-3-5-16-29/h7-10,20H,3-6,11-19H2,1-2H3,(H2,25,26,27). The van der Waals surface area contributed by atoms with E-state index in [1.165, 1.54) is 32.4 Å². The Labute approximate surface area is 182 Å². The van der Waals surface area contributed by atoms with Gasteiger partial charge >= 0.3 is 0 Å². The molecule has 2 heterocycles. The molecule has 0 aliphatic carbocycles. The van der Waals surface area contributed by atoms with Crippen molar-refractivity contribution in [1.82, 2.24) is 20.4 Å². The first kappa shape index (κ1) is 22.6. The molecule has 1 aromatic rings. The molecule has 2 fully saturated rings. The summed E-state index contributed by atoms with van der Waals surface area (Å²) in [4.78, 5) is 21.5. The third kappa shape index (κ3) is 7.01. The van der Waals surface area contributed by atoms with Crippen molar-refractivity contribution >= 4 is 11.9 Å². The maximum Gasteiger partial charge on any atom is 0.253 e. The van der Waals surface area contributed by atoms with Crippen LogP contribution in [-0.2, 0) is 6.54 Å². The third-order valence-corrected chi connectivity index (χ3v) is 6.35. The number of amides is 1. The normalized spacial score (nSPS) is 19.0. The molecule has 3 rings (SSSR count). The Hall–Kier alpha value is -2.08. The van der Waals surface area contributed by atoms with Gasteiger partial charge in [-0.2, -0.15) is 0 Å². The van der Waals surface area contributed by atoms with Crippen LogP contribution in [0.1, 0.15) is 61.4 Å². The summed E-state index contributed by atoms with van der Waals surface area (Å²) in [6, 6.07) is 7.97. The van der Waals surface area contributed by atoms with Crippen molar-refractivity contribution in [3.8, 4) is 0 Å². The van der Waals surface area contributed by atoms with E-state index in [-0.39, 0.29) is 5.91 Å². The predicted octanol–water partition coefficient (Wildman–Crippen LogP) is 3.10. The lowest BCUT2D eigenvalue weighted by molar-refractivity contribution is 0.0724. The average molecular weight is 414 g/mol. The number of guanidine groups is 1. The van der Waals surface area contributed by atoms with Gasteiger partial charge in [-0.25, -0.2) is 0 Å². The Balaban J connectivity index is 1.35. The minimum atomic E-state index is 0.162. The van der Waals surface area contributed by atoms with Crippen LogP contribution in [0, 0.1) is 5.92 Å². The summed E-state index contributed by atoms with van der Waals surface area (Å²) in [5, 5.41) is 6.78. The van der Waals surface area contributed by atoms with Gasteiger partial charge in [0.1, 0.15) is 0 Å². The molecule has 2 saturated heterocycles. The summed E-state index contributed by atoms with van der Waals surface area (Å²) in [6.45, 7) is 9.39. The van der Waals surface area contributed by atoms with E-state index in [0.717, 1.165) is 68.4 Å². The molecule has 2 aliphatic rings. The summed E-state index contributed by atoms with van der Waals surface area (Å²) >= 11 is 0. The minimum Gasteiger partial charge on any atom is -0.356 e. The molecule has 2 aliphatic heterocycles. The number of piperidine rings is 2. The maximum absolute atomic E-state index is 12.6. The van der Waals surface area contributed by atoms with E-state index >= 15 is 0 Å². The molecule has 0 atom stereocenters. The highest BCUT2D eigenvalue weighted by Crippen LogP contribution is 2.16. The number of rotatable bonds is 7. The van der Waals surface area contributed by atoms with E-state index < -0.39 is 0 Å². The third-order valence-electron chi connectivity index (χ3n) is 6.35. The van der Waals surface area contributed by atoms with Gasteiger partial charge in [0.15, 0.2) is 5.96 Å². The van der Waals surface area contributed by atoms with Gasteiger partial charge in [-0.3, -0.25) is 9.79 Å². The van der Waals surface area contributed by atoms with Crippen molar-refractivity contribution < 1.29 is 4.79 Å². The largest absolute Gasteiger partial charge is 0.356 e. The van der Waals surface area contributed by atoms with E-state index in [4.69, 9.17) is 0 Å². The van der Waals surface area contributed by atoms with Crippen LogP contribution in [-0.4, -0.2) is 68.0 Å². The van der Waals surface area contributed by atoms with E-state index in [0.29, 0.717) is 6.54 Å². The highest BCUT2D eigenvalue weighted by molar-refractivity contribution is 5.94. The van der Waals surface area contributed by atoms with Crippen LogP contribution < -0.4 is 10.6 Å². The molecule has 0 bridgehead atoms. The average Bonchev–Trinajstić information content (AvgIpc) is 2.80. The van der Waals surface area contributed by atoms with Crippen LogP contribution in [0.3, 0.4) is 0 Å². The first-order valence-corrected chi connectivity index (χ1v) is 11.7. The smallest absolute Gasteiger partial charge is 0.253 e. The SMILES string of the molecule is CN=C(NCCCN1CCC(C)CC1)NCc1ccc(C(=O)N2CCCCC2)cc1. The number of carbonyl (C=O) groups is 1. The molecule has 166 valence electrons. The van der Waals surface area contributed by atoms with Crippen molar-refractivity contribution in [2.45, 2.75) is 52.0 Å². The molecule has 0 aromatic heterocycles. The zero-order valence-corrected chi connectivity index (χ0v) is 18.8. The van der Waals surface area contributed by atoms with Crippen molar-refractivity contribution in [3.63, 3.8) is 0 Å². The molecule has 0 radical (unpaired) electrons. The number of hydrogen-bond acceptors (Lipinski definition) is 3. The number of aliphatic imine (C=N–C) groups is 1. The van der Waals surface area contributed by atoms with Crippen LogP contribution in [0.25, 0.3) is 0 Å². The molecule has 0 saturated carbocycles. The fourth-order valence-electron chi connectivity index (χ4n) is 4.25. The van der Waals surface area contributed by atoms with Gasteiger partial charge in [0, 0.05) is 38.8 Å². The van der Waals surface area contributed by atoms with Gasteiger partial charge < -0.3 is 20.4 Å². The number of benzene rings is 1. The summed E-state index contributed by atoms with van der Waals surface area (Å²) in [5.74, 6) is 1.88. The second-order valence-corrected chi connectivity index (χ2v) is 8.78. The first-order chi connectivity index (χ1) is 14.7. The summed E-state index contributed by atoms with van der Waals surface area (Å²) < 4.78 is 0. The quantitative estimate of drug-likeness (QED) is 0.410. The molecule has 0 unspecified atom stereocenters. The Morgan fingerprint density at radius 1 is 1.03 bits per heavy atom. The van der Waals surface area contributed by atoms with E-state index in [2.05, 4.69) is 27.4 Å². The minimum absolute atomic E-state index is 0.162. The Morgan fingerprint density at radius 2 is 1.73 bits per heavy atom. The lowest BCUT2D eigenvalue weighted by Crippen LogP contribution is -2.39. The van der Waals surface area contributed by atoms with Crippen LogP contribution in [0.4, 0.5) is 0 Å². The molecule has 30 heavy (non-hydrogen) atoms. The fourth-order valence-corrected chi connectivity index (χ4v) is 4.25. The van der Waals surface area contributed by atoms with E-state index in [1.54, 1.807) is 0 Å². The van der Waals surface area contributed by atoms with Gasteiger partial charge in [0.25, 0.3) is 5.91 Å². The molecule has 1 aromatic carbocycles. The Morgan fingerprint density at radius 3 is 2.40 bits per heavy atom. The number of likely N-dealkylation sites (tertiary alicyclic amines) is 2. The van der Waals surface area contributed by atoms with Crippen LogP contribution in [0.15, 0.2) is 29.3 Å². The number of carbonyl (C=O) groups excluding carboxylic acids is 1. The van der Waals surface area contributed by atoms with Crippen molar-refractivity contribution in [1.29, 1.82) is 0 Å². The molecule has 6 heteroatoms. The van der Waals surface area contributed by atoms with Crippen molar-refractivity contribution in [2.24, 2.45) is 10.9 Å². The van der Waals surface area contributed by atoms with Crippen LogP contribution in [0.5, 0.6) is 0 Å². The summed E-state index contributed by atoms with van der Waals surface area (Å²) in [7, 11) is 1.81. The van der Waals surface area contributed by atoms with Gasteiger partial charge in [-0.15, -0.1) is 0 Å². The highest BCUT2D eigenvalue weighted by Gasteiger charge is 2.18. The van der Waals surface area contributed by atoms with Crippen molar-refractivity contribution in [3.05, 3.63) is 35.4 Å². The molecular formula is C24H39N5O. The predicted molar refractivity (Wildman–Crippen MR) is 124 cm³/mol. The van der Waals surface area contributed by atoms with Crippen molar-refractivity contribution in [2.75, 3.05) is 46.3 Å². The molecule has 0 spiro atoms. The maximum atomic E-state index is 12.6. The molecular weight excluding hydrogens is 374 g/mol. The van der Waals surface area contributed by atoms with Gasteiger partial charge in [0.05, 0.1) is 0 Å². The van der Waals surface area contributed by atoms with E-state index in [9.17, 15) is 4.79 Å². The van der Waals surface area contributed by atoms with Crippen LogP contribution >= 0.6 is 0 Å². The zero-order chi connectivity index (χ0) is 21.2. The zero-order valence-electron chi connectivity index (χ0n) is 18.8. The van der Waals surface area contributed by atoms with Gasteiger partial charge in [-0.05, 0) is 81.8 Å². The van der Waals surface area contributed by atoms with Gasteiger partial charge in [-0.1, -0.05) is 19.1 Å². The number of nitrogens with zero attached hydrogens (tertiary/aromatic N) is 3. The summed E-state index contributed by atoms with van der Waals surface area (Å²) in [5.41, 5.74) is 1.94. The van der Waals surface area contributed by atoms with E-state index in [1.807, 2.05) is 36.2 Å².